The van der Waals surface area contributed by atoms with Crippen LogP contribution in [-0.2, 0) is 4.79 Å². The van der Waals surface area contributed by atoms with Gasteiger partial charge in [-0.2, -0.15) is 0 Å². The van der Waals surface area contributed by atoms with Gasteiger partial charge in [0.1, 0.15) is 0 Å². The summed E-state index contributed by atoms with van der Waals surface area (Å²) in [5.74, 6) is -0.166. The molecule has 5 heteroatoms. The van der Waals surface area contributed by atoms with Crippen molar-refractivity contribution in [1.82, 2.24) is 10.2 Å². The number of nitrogens with zero attached hydrogens (tertiary/aromatic N) is 1. The molecule has 0 heterocycles. The summed E-state index contributed by atoms with van der Waals surface area (Å²) in [4.78, 5) is 23.6. The Labute approximate surface area is 102 Å². The Morgan fingerprint density at radius 2 is 2.18 bits per heavy atom. The molecule has 0 radical (unpaired) electrons. The maximum atomic E-state index is 11.7. The second kappa shape index (κ2) is 6.47. The molecule has 2 amide bonds. The second-order valence-corrected chi connectivity index (χ2v) is 4.76. The standard InChI is InChI=1S/C12H22N2O3/c1-3-5-9-8-10(9)13-12(17)14(2)7-4-6-11(15)16/h9-10H,3-8H2,1-2H3,(H,13,17)(H,15,16). The number of carbonyl (C=O) groups excluding carboxylic acids is 1. The Balaban J connectivity index is 2.13. The van der Waals surface area contributed by atoms with Gasteiger partial charge in [0.15, 0.2) is 0 Å². The van der Waals surface area contributed by atoms with Gasteiger partial charge in [-0.15, -0.1) is 0 Å². The SMILES string of the molecule is CCCC1CC1NC(=O)N(C)CCCC(=O)O. The first kappa shape index (κ1) is 13.8. The molecule has 0 aromatic rings. The van der Waals surface area contributed by atoms with E-state index in [0.717, 1.165) is 12.8 Å². The molecule has 0 bridgehead atoms. The van der Waals surface area contributed by atoms with Crippen LogP contribution in [0.1, 0.15) is 39.0 Å². The lowest BCUT2D eigenvalue weighted by Crippen LogP contribution is -2.39. The molecule has 2 atom stereocenters. The summed E-state index contributed by atoms with van der Waals surface area (Å²) in [6.07, 6.45) is 4.03. The van der Waals surface area contributed by atoms with Gasteiger partial charge >= 0.3 is 12.0 Å². The Kier molecular flexibility index (Phi) is 5.25. The van der Waals surface area contributed by atoms with Crippen molar-refractivity contribution in [3.05, 3.63) is 0 Å². The Morgan fingerprint density at radius 3 is 2.76 bits per heavy atom. The number of hydrogen-bond donors (Lipinski definition) is 2. The van der Waals surface area contributed by atoms with Crippen molar-refractivity contribution < 1.29 is 14.7 Å². The monoisotopic (exact) mass is 242 g/mol. The highest BCUT2D eigenvalue weighted by molar-refractivity contribution is 5.74. The molecule has 0 aromatic heterocycles. The molecule has 1 aliphatic carbocycles. The fourth-order valence-corrected chi connectivity index (χ4v) is 1.95. The maximum absolute atomic E-state index is 11.7. The number of carbonyl (C=O) groups is 2. The average molecular weight is 242 g/mol. The third-order valence-corrected chi connectivity index (χ3v) is 3.12. The molecule has 98 valence electrons. The fourth-order valence-electron chi connectivity index (χ4n) is 1.95. The Morgan fingerprint density at radius 1 is 1.47 bits per heavy atom. The third-order valence-electron chi connectivity index (χ3n) is 3.12. The zero-order valence-corrected chi connectivity index (χ0v) is 10.6. The van der Waals surface area contributed by atoms with Gasteiger partial charge in [-0.1, -0.05) is 13.3 Å². The number of urea groups is 1. The minimum Gasteiger partial charge on any atom is -0.481 e. The minimum absolute atomic E-state index is 0.0843. The average Bonchev–Trinajstić information content (AvgIpc) is 2.96. The van der Waals surface area contributed by atoms with E-state index in [4.69, 9.17) is 5.11 Å². The quantitative estimate of drug-likeness (QED) is 0.713. The van der Waals surface area contributed by atoms with Crippen LogP contribution in [0.5, 0.6) is 0 Å². The first-order valence-corrected chi connectivity index (χ1v) is 6.28. The molecule has 2 unspecified atom stereocenters. The van der Waals surface area contributed by atoms with Gasteiger partial charge in [-0.05, 0) is 25.2 Å². The molecule has 0 aromatic carbocycles. The number of aliphatic carboxylic acids is 1. The van der Waals surface area contributed by atoms with E-state index in [2.05, 4.69) is 12.2 Å². The predicted octanol–water partition coefficient (Wildman–Crippen LogP) is 1.68. The number of carboxylic acids is 1. The summed E-state index contributed by atoms with van der Waals surface area (Å²) in [5.41, 5.74) is 0. The summed E-state index contributed by atoms with van der Waals surface area (Å²) in [7, 11) is 1.70. The minimum atomic E-state index is -0.816. The molecule has 0 aliphatic heterocycles. The van der Waals surface area contributed by atoms with E-state index in [1.54, 1.807) is 11.9 Å². The number of rotatable bonds is 7. The van der Waals surface area contributed by atoms with Crippen LogP contribution < -0.4 is 5.32 Å². The van der Waals surface area contributed by atoms with Gasteiger partial charge in [-0.3, -0.25) is 4.79 Å². The van der Waals surface area contributed by atoms with E-state index in [0.29, 0.717) is 24.9 Å². The van der Waals surface area contributed by atoms with Crippen molar-refractivity contribution >= 4 is 12.0 Å². The van der Waals surface area contributed by atoms with Crippen LogP contribution in [-0.4, -0.2) is 41.6 Å². The Hall–Kier alpha value is -1.26. The van der Waals surface area contributed by atoms with Gasteiger partial charge in [0, 0.05) is 26.1 Å². The summed E-state index contributed by atoms with van der Waals surface area (Å²) < 4.78 is 0. The smallest absolute Gasteiger partial charge is 0.317 e. The highest BCUT2D eigenvalue weighted by Gasteiger charge is 2.37. The Bertz CT molecular complexity index is 281. The van der Waals surface area contributed by atoms with E-state index in [1.165, 1.54) is 6.42 Å². The molecule has 17 heavy (non-hydrogen) atoms. The number of carboxylic acid groups (broad SMARTS) is 1. The topological polar surface area (TPSA) is 69.6 Å². The lowest BCUT2D eigenvalue weighted by atomic mass is 10.2. The molecule has 1 fully saturated rings. The summed E-state index contributed by atoms with van der Waals surface area (Å²) >= 11 is 0. The number of amides is 2. The second-order valence-electron chi connectivity index (χ2n) is 4.76. The lowest BCUT2D eigenvalue weighted by Gasteiger charge is -2.17. The molecule has 1 rings (SSSR count). The van der Waals surface area contributed by atoms with Crippen LogP contribution in [0.25, 0.3) is 0 Å². The predicted molar refractivity (Wildman–Crippen MR) is 64.8 cm³/mol. The van der Waals surface area contributed by atoms with E-state index in [1.807, 2.05) is 0 Å². The molecule has 0 spiro atoms. The first-order chi connectivity index (χ1) is 8.04. The molecular weight excluding hydrogens is 220 g/mol. The van der Waals surface area contributed by atoms with Crippen molar-refractivity contribution in [2.75, 3.05) is 13.6 Å². The van der Waals surface area contributed by atoms with E-state index >= 15 is 0 Å². The van der Waals surface area contributed by atoms with Crippen LogP contribution in [0.4, 0.5) is 4.79 Å². The van der Waals surface area contributed by atoms with Crippen molar-refractivity contribution in [2.24, 2.45) is 5.92 Å². The number of nitrogens with one attached hydrogen (secondary N) is 1. The first-order valence-electron chi connectivity index (χ1n) is 6.28. The van der Waals surface area contributed by atoms with Crippen molar-refractivity contribution in [3.8, 4) is 0 Å². The van der Waals surface area contributed by atoms with E-state index < -0.39 is 5.97 Å². The van der Waals surface area contributed by atoms with E-state index in [-0.39, 0.29) is 12.5 Å². The van der Waals surface area contributed by atoms with Crippen molar-refractivity contribution in [3.63, 3.8) is 0 Å². The van der Waals surface area contributed by atoms with Crippen molar-refractivity contribution in [2.45, 2.75) is 45.1 Å². The summed E-state index contributed by atoms with van der Waals surface area (Å²) in [6, 6.07) is 0.253. The van der Waals surface area contributed by atoms with Gasteiger partial charge in [-0.25, -0.2) is 4.79 Å². The normalized spacial score (nSPS) is 22.0. The van der Waals surface area contributed by atoms with Crippen LogP contribution in [0.15, 0.2) is 0 Å². The maximum Gasteiger partial charge on any atom is 0.317 e. The van der Waals surface area contributed by atoms with Crippen LogP contribution >= 0.6 is 0 Å². The van der Waals surface area contributed by atoms with Crippen LogP contribution in [0.2, 0.25) is 0 Å². The van der Waals surface area contributed by atoms with Gasteiger partial charge < -0.3 is 15.3 Å². The zero-order valence-electron chi connectivity index (χ0n) is 10.6. The molecule has 2 N–H and O–H groups in total. The van der Waals surface area contributed by atoms with Gasteiger partial charge in [0.25, 0.3) is 0 Å². The highest BCUT2D eigenvalue weighted by atomic mass is 16.4. The van der Waals surface area contributed by atoms with Gasteiger partial charge in [0.05, 0.1) is 0 Å². The fraction of sp³-hybridized carbons (Fsp3) is 0.833. The van der Waals surface area contributed by atoms with E-state index in [9.17, 15) is 9.59 Å². The van der Waals surface area contributed by atoms with Crippen LogP contribution in [0, 0.1) is 5.92 Å². The summed E-state index contributed by atoms with van der Waals surface area (Å²) in [5, 5.41) is 11.5. The molecule has 1 saturated carbocycles. The van der Waals surface area contributed by atoms with Crippen LogP contribution in [0.3, 0.4) is 0 Å². The molecule has 1 aliphatic rings. The molecular formula is C12H22N2O3. The van der Waals surface area contributed by atoms with Crippen molar-refractivity contribution in [1.29, 1.82) is 0 Å². The molecule has 5 nitrogen and oxygen atoms in total. The lowest BCUT2D eigenvalue weighted by molar-refractivity contribution is -0.137. The largest absolute Gasteiger partial charge is 0.481 e. The molecule has 0 saturated heterocycles. The summed E-state index contributed by atoms with van der Waals surface area (Å²) in [6.45, 7) is 2.64. The zero-order chi connectivity index (χ0) is 12.8. The third kappa shape index (κ3) is 5.06. The van der Waals surface area contributed by atoms with Gasteiger partial charge in [0.2, 0.25) is 0 Å². The number of hydrogen-bond acceptors (Lipinski definition) is 2. The highest BCUT2D eigenvalue weighted by Crippen LogP contribution is 2.34.